The molecule has 2 N–H and O–H groups in total. The van der Waals surface area contributed by atoms with Gasteiger partial charge in [0.15, 0.2) is 0 Å². The summed E-state index contributed by atoms with van der Waals surface area (Å²) in [6.45, 7) is 2.29. The van der Waals surface area contributed by atoms with Gasteiger partial charge in [-0.3, -0.25) is 9.59 Å². The van der Waals surface area contributed by atoms with Gasteiger partial charge < -0.3 is 15.2 Å². The molecule has 0 saturated carbocycles. The van der Waals surface area contributed by atoms with E-state index < -0.39 is 0 Å². The van der Waals surface area contributed by atoms with Crippen molar-refractivity contribution in [2.24, 2.45) is 0 Å². The highest BCUT2D eigenvalue weighted by Gasteiger charge is 2.10. The summed E-state index contributed by atoms with van der Waals surface area (Å²) in [6, 6.07) is 8.99. The van der Waals surface area contributed by atoms with Gasteiger partial charge in [0.1, 0.15) is 0 Å². The number of hydrogen-bond acceptors (Lipinski definition) is 2. The summed E-state index contributed by atoms with van der Waals surface area (Å²) < 4.78 is 0. The van der Waals surface area contributed by atoms with Gasteiger partial charge in [0, 0.05) is 38.1 Å². The van der Waals surface area contributed by atoms with Gasteiger partial charge in [0.25, 0.3) is 11.8 Å². The van der Waals surface area contributed by atoms with Crippen molar-refractivity contribution in [3.63, 3.8) is 0 Å². The van der Waals surface area contributed by atoms with Crippen molar-refractivity contribution in [3.05, 3.63) is 58.9 Å². The van der Waals surface area contributed by atoms with Crippen LogP contribution in [0.1, 0.15) is 32.0 Å². The maximum absolute atomic E-state index is 12.0. The Labute approximate surface area is 124 Å². The number of aromatic amines is 1. The molecule has 0 radical (unpaired) electrons. The van der Waals surface area contributed by atoms with Crippen molar-refractivity contribution in [2.45, 2.75) is 13.5 Å². The molecule has 0 aliphatic carbocycles. The zero-order valence-corrected chi connectivity index (χ0v) is 12.4. The number of nitrogens with one attached hydrogen (secondary N) is 2. The number of nitrogens with zero attached hydrogens (tertiary/aromatic N) is 1. The van der Waals surface area contributed by atoms with Crippen LogP contribution in [-0.2, 0) is 6.54 Å². The van der Waals surface area contributed by atoms with Crippen molar-refractivity contribution in [1.82, 2.24) is 15.2 Å². The van der Waals surface area contributed by atoms with Gasteiger partial charge in [-0.2, -0.15) is 0 Å². The summed E-state index contributed by atoms with van der Waals surface area (Å²) in [5.74, 6) is -0.143. The third kappa shape index (κ3) is 3.51. The van der Waals surface area contributed by atoms with Gasteiger partial charge >= 0.3 is 0 Å². The van der Waals surface area contributed by atoms with Crippen molar-refractivity contribution < 1.29 is 9.59 Å². The van der Waals surface area contributed by atoms with E-state index >= 15 is 0 Å². The molecule has 5 heteroatoms. The smallest absolute Gasteiger partial charge is 0.253 e. The van der Waals surface area contributed by atoms with Gasteiger partial charge in [-0.05, 0) is 30.7 Å². The molecule has 2 aromatic rings. The second-order valence-electron chi connectivity index (χ2n) is 5.10. The van der Waals surface area contributed by atoms with Crippen molar-refractivity contribution in [3.8, 4) is 0 Å². The lowest BCUT2D eigenvalue weighted by Gasteiger charge is -2.10. The number of carbonyl (C=O) groups is 2. The average molecular weight is 285 g/mol. The molecule has 0 spiro atoms. The molecule has 2 rings (SSSR count). The first kappa shape index (κ1) is 14.8. The Hall–Kier alpha value is -2.56. The molecule has 5 nitrogen and oxygen atoms in total. The normalized spacial score (nSPS) is 10.2. The van der Waals surface area contributed by atoms with E-state index in [1.54, 1.807) is 38.5 Å². The summed E-state index contributed by atoms with van der Waals surface area (Å²) in [4.78, 5) is 28.2. The first-order chi connectivity index (χ1) is 9.99. The maximum atomic E-state index is 12.0. The summed E-state index contributed by atoms with van der Waals surface area (Å²) in [7, 11) is 3.44. The van der Waals surface area contributed by atoms with Crippen molar-refractivity contribution in [1.29, 1.82) is 0 Å². The Balaban J connectivity index is 1.97. The van der Waals surface area contributed by atoms with Crippen molar-refractivity contribution in [2.75, 3.05) is 14.1 Å². The molecule has 2 amide bonds. The molecule has 0 atom stereocenters. The highest BCUT2D eigenvalue weighted by atomic mass is 16.2. The predicted octanol–water partition coefficient (Wildman–Crippen LogP) is 1.95. The van der Waals surface area contributed by atoms with Crippen LogP contribution in [0, 0.1) is 6.92 Å². The van der Waals surface area contributed by atoms with E-state index in [2.05, 4.69) is 10.3 Å². The zero-order valence-electron chi connectivity index (χ0n) is 12.4. The Bertz CT molecular complexity index is 642. The Kier molecular flexibility index (Phi) is 4.42. The summed E-state index contributed by atoms with van der Waals surface area (Å²) in [5, 5.41) is 2.86. The number of H-pyrrole nitrogens is 1. The fourth-order valence-electron chi connectivity index (χ4n) is 2.00. The minimum atomic E-state index is -0.109. The van der Waals surface area contributed by atoms with Crippen LogP contribution in [0.2, 0.25) is 0 Å². The molecular weight excluding hydrogens is 266 g/mol. The van der Waals surface area contributed by atoms with E-state index in [0.29, 0.717) is 17.7 Å². The first-order valence-electron chi connectivity index (χ1n) is 6.72. The van der Waals surface area contributed by atoms with Crippen molar-refractivity contribution >= 4 is 11.8 Å². The van der Waals surface area contributed by atoms with Gasteiger partial charge in [0.2, 0.25) is 0 Å². The van der Waals surface area contributed by atoms with E-state index in [1.807, 2.05) is 19.1 Å². The number of rotatable bonds is 4. The van der Waals surface area contributed by atoms with Crippen LogP contribution in [-0.4, -0.2) is 35.8 Å². The molecule has 1 aromatic heterocycles. The summed E-state index contributed by atoms with van der Waals surface area (Å²) in [6.07, 6.45) is 1.74. The maximum Gasteiger partial charge on any atom is 0.253 e. The Morgan fingerprint density at radius 3 is 2.33 bits per heavy atom. The zero-order chi connectivity index (χ0) is 15.4. The lowest BCUT2D eigenvalue weighted by atomic mass is 10.1. The topological polar surface area (TPSA) is 65.2 Å². The van der Waals surface area contributed by atoms with E-state index in [4.69, 9.17) is 0 Å². The van der Waals surface area contributed by atoms with Crippen LogP contribution in [0.3, 0.4) is 0 Å². The van der Waals surface area contributed by atoms with Gasteiger partial charge in [-0.25, -0.2) is 0 Å². The third-order valence-corrected chi connectivity index (χ3v) is 3.26. The highest BCUT2D eigenvalue weighted by Crippen LogP contribution is 2.08. The number of aromatic nitrogens is 1. The lowest BCUT2D eigenvalue weighted by Crippen LogP contribution is -2.23. The molecule has 0 fully saturated rings. The van der Waals surface area contributed by atoms with Gasteiger partial charge in [-0.15, -0.1) is 0 Å². The van der Waals surface area contributed by atoms with E-state index in [0.717, 1.165) is 11.3 Å². The van der Waals surface area contributed by atoms with Crippen LogP contribution >= 0.6 is 0 Å². The fourth-order valence-corrected chi connectivity index (χ4v) is 2.00. The van der Waals surface area contributed by atoms with Crippen LogP contribution in [0.4, 0.5) is 0 Å². The molecule has 0 saturated heterocycles. The largest absolute Gasteiger partial charge is 0.365 e. The minimum absolute atomic E-state index is 0.0338. The monoisotopic (exact) mass is 285 g/mol. The third-order valence-electron chi connectivity index (χ3n) is 3.26. The molecule has 0 aliphatic heterocycles. The molecule has 0 bridgehead atoms. The SMILES string of the molecule is Cc1[nH]ccc1C(=O)NCc1ccc(C(=O)N(C)C)cc1. The van der Waals surface area contributed by atoms with Gasteiger partial charge in [-0.1, -0.05) is 12.1 Å². The number of hydrogen-bond donors (Lipinski definition) is 2. The summed E-state index contributed by atoms with van der Waals surface area (Å²) >= 11 is 0. The van der Waals surface area contributed by atoms with Crippen LogP contribution in [0.15, 0.2) is 36.5 Å². The quantitative estimate of drug-likeness (QED) is 0.902. The molecule has 21 heavy (non-hydrogen) atoms. The molecule has 1 heterocycles. The standard InChI is InChI=1S/C16H19N3O2/c1-11-14(8-9-17-11)15(20)18-10-12-4-6-13(7-5-12)16(21)19(2)3/h4-9,17H,10H2,1-3H3,(H,18,20). The summed E-state index contributed by atoms with van der Waals surface area (Å²) in [5.41, 5.74) is 3.08. The highest BCUT2D eigenvalue weighted by molar-refractivity contribution is 5.95. The number of aryl methyl sites for hydroxylation is 1. The minimum Gasteiger partial charge on any atom is -0.365 e. The van der Waals surface area contributed by atoms with Crippen LogP contribution in [0.5, 0.6) is 0 Å². The first-order valence-corrected chi connectivity index (χ1v) is 6.72. The van der Waals surface area contributed by atoms with Gasteiger partial charge in [0.05, 0.1) is 5.56 Å². The molecule has 0 unspecified atom stereocenters. The fraction of sp³-hybridized carbons (Fsp3) is 0.250. The number of carbonyl (C=O) groups excluding carboxylic acids is 2. The predicted molar refractivity (Wildman–Crippen MR) is 81.2 cm³/mol. The second-order valence-corrected chi connectivity index (χ2v) is 5.10. The van der Waals surface area contributed by atoms with E-state index in [1.165, 1.54) is 4.90 Å². The average Bonchev–Trinajstić information content (AvgIpc) is 2.90. The molecule has 1 aromatic carbocycles. The van der Waals surface area contributed by atoms with Crippen LogP contribution in [0.25, 0.3) is 0 Å². The van der Waals surface area contributed by atoms with E-state index in [9.17, 15) is 9.59 Å². The Morgan fingerprint density at radius 1 is 1.14 bits per heavy atom. The second kappa shape index (κ2) is 6.26. The van der Waals surface area contributed by atoms with Crippen LogP contribution < -0.4 is 5.32 Å². The van der Waals surface area contributed by atoms with E-state index in [-0.39, 0.29) is 11.8 Å². The lowest BCUT2D eigenvalue weighted by molar-refractivity contribution is 0.0827. The molecule has 110 valence electrons. The number of amides is 2. The number of benzene rings is 1. The molecule has 0 aliphatic rings. The molecular formula is C16H19N3O2. The Morgan fingerprint density at radius 2 is 1.81 bits per heavy atom.